The molecule has 0 bridgehead atoms. The largest absolute Gasteiger partial charge is 0.466 e. The monoisotopic (exact) mass is 283 g/mol. The van der Waals surface area contributed by atoms with E-state index < -0.39 is 11.7 Å². The lowest BCUT2D eigenvalue weighted by Gasteiger charge is -2.17. The zero-order valence-electron chi connectivity index (χ0n) is 11.5. The average molecular weight is 283 g/mol. The molecule has 20 heavy (non-hydrogen) atoms. The first-order valence-electron chi connectivity index (χ1n) is 6.24. The molecule has 1 aromatic heterocycles. The summed E-state index contributed by atoms with van der Waals surface area (Å²) in [6.07, 6.45) is -4.31. The third kappa shape index (κ3) is 2.88. The molecule has 5 heteroatoms. The zero-order chi connectivity index (χ0) is 14.9. The highest BCUT2D eigenvalue weighted by molar-refractivity contribution is 5.36. The van der Waals surface area contributed by atoms with Gasteiger partial charge in [0, 0.05) is 5.56 Å². The molecular formula is C15H16F3NO. The number of hydrogen-bond donors (Lipinski definition) is 1. The number of nitrogens with one attached hydrogen (secondary N) is 1. The molecule has 2 rings (SSSR count). The highest BCUT2D eigenvalue weighted by Crippen LogP contribution is 2.32. The molecular weight excluding hydrogens is 267 g/mol. The Labute approximate surface area is 115 Å². The van der Waals surface area contributed by atoms with Crippen molar-refractivity contribution in [1.29, 1.82) is 0 Å². The van der Waals surface area contributed by atoms with Gasteiger partial charge in [-0.05, 0) is 44.7 Å². The third-order valence-corrected chi connectivity index (χ3v) is 3.25. The van der Waals surface area contributed by atoms with Crippen LogP contribution in [0.3, 0.4) is 0 Å². The summed E-state index contributed by atoms with van der Waals surface area (Å²) in [4.78, 5) is 0. The van der Waals surface area contributed by atoms with Gasteiger partial charge in [-0.2, -0.15) is 13.2 Å². The Bertz CT molecular complexity index is 584. The number of halogens is 3. The van der Waals surface area contributed by atoms with Crippen molar-refractivity contribution >= 4 is 0 Å². The minimum atomic E-state index is -4.31. The number of aryl methyl sites for hydroxylation is 2. The summed E-state index contributed by atoms with van der Waals surface area (Å²) in [7, 11) is 1.77. The molecule has 0 saturated heterocycles. The molecule has 2 nitrogen and oxygen atoms in total. The van der Waals surface area contributed by atoms with Gasteiger partial charge in [0.05, 0.1) is 11.6 Å². The van der Waals surface area contributed by atoms with Crippen LogP contribution in [0.1, 0.15) is 34.3 Å². The maximum atomic E-state index is 12.6. The maximum absolute atomic E-state index is 12.6. The van der Waals surface area contributed by atoms with Gasteiger partial charge in [0.25, 0.3) is 0 Å². The van der Waals surface area contributed by atoms with Gasteiger partial charge in [-0.15, -0.1) is 0 Å². The van der Waals surface area contributed by atoms with E-state index in [0.29, 0.717) is 0 Å². The lowest BCUT2D eigenvalue weighted by atomic mass is 9.98. The van der Waals surface area contributed by atoms with E-state index in [1.54, 1.807) is 7.05 Å². The van der Waals surface area contributed by atoms with E-state index in [9.17, 15) is 13.2 Å². The van der Waals surface area contributed by atoms with Crippen molar-refractivity contribution in [3.05, 3.63) is 58.5 Å². The van der Waals surface area contributed by atoms with Gasteiger partial charge in [0.2, 0.25) is 0 Å². The highest BCUT2D eigenvalue weighted by Gasteiger charge is 2.30. The van der Waals surface area contributed by atoms with Crippen LogP contribution in [0.15, 0.2) is 34.7 Å². The van der Waals surface area contributed by atoms with E-state index >= 15 is 0 Å². The summed E-state index contributed by atoms with van der Waals surface area (Å²) >= 11 is 0. The quantitative estimate of drug-likeness (QED) is 0.912. The number of benzene rings is 1. The first-order chi connectivity index (χ1) is 9.32. The van der Waals surface area contributed by atoms with Crippen LogP contribution in [-0.4, -0.2) is 7.05 Å². The Morgan fingerprint density at radius 3 is 2.10 bits per heavy atom. The van der Waals surface area contributed by atoms with Crippen molar-refractivity contribution in [3.8, 4) is 0 Å². The Morgan fingerprint density at radius 2 is 1.70 bits per heavy atom. The SMILES string of the molecule is CNC(c1ccc(C(F)(F)F)cc1)c1cc(C)oc1C. The molecule has 0 amide bonds. The normalized spacial score (nSPS) is 13.5. The summed E-state index contributed by atoms with van der Waals surface area (Å²) in [6.45, 7) is 3.69. The molecule has 1 aromatic carbocycles. The lowest BCUT2D eigenvalue weighted by Crippen LogP contribution is -2.18. The van der Waals surface area contributed by atoms with E-state index in [2.05, 4.69) is 5.32 Å². The first kappa shape index (κ1) is 14.7. The smallest absolute Gasteiger partial charge is 0.416 e. The number of hydrogen-bond acceptors (Lipinski definition) is 2. The molecule has 0 spiro atoms. The van der Waals surface area contributed by atoms with Crippen molar-refractivity contribution < 1.29 is 17.6 Å². The van der Waals surface area contributed by atoms with Crippen molar-refractivity contribution in [3.63, 3.8) is 0 Å². The standard InChI is InChI=1S/C15H16F3NO/c1-9-8-13(10(2)20-9)14(19-3)11-4-6-12(7-5-11)15(16,17)18/h4-8,14,19H,1-3H3. The van der Waals surface area contributed by atoms with Crippen LogP contribution in [0.4, 0.5) is 13.2 Å². The molecule has 0 aliphatic rings. The van der Waals surface area contributed by atoms with Crippen LogP contribution in [0.5, 0.6) is 0 Å². The fraction of sp³-hybridized carbons (Fsp3) is 0.333. The zero-order valence-corrected chi connectivity index (χ0v) is 11.5. The molecule has 0 aliphatic heterocycles. The molecule has 2 aromatic rings. The van der Waals surface area contributed by atoms with Crippen LogP contribution in [-0.2, 0) is 6.18 Å². The van der Waals surface area contributed by atoms with Gasteiger partial charge in [-0.3, -0.25) is 0 Å². The van der Waals surface area contributed by atoms with E-state index in [1.165, 1.54) is 12.1 Å². The van der Waals surface area contributed by atoms with Gasteiger partial charge >= 0.3 is 6.18 Å². The summed E-state index contributed by atoms with van der Waals surface area (Å²) in [5, 5.41) is 3.11. The highest BCUT2D eigenvalue weighted by atomic mass is 19.4. The van der Waals surface area contributed by atoms with Crippen molar-refractivity contribution in [2.75, 3.05) is 7.05 Å². The first-order valence-corrected chi connectivity index (χ1v) is 6.24. The van der Waals surface area contributed by atoms with E-state index in [1.807, 2.05) is 19.9 Å². The van der Waals surface area contributed by atoms with Crippen molar-refractivity contribution in [1.82, 2.24) is 5.32 Å². The molecule has 1 atom stereocenters. The van der Waals surface area contributed by atoms with Gasteiger partial charge in [-0.25, -0.2) is 0 Å². The fourth-order valence-electron chi connectivity index (χ4n) is 2.30. The Hall–Kier alpha value is -1.75. The predicted molar refractivity (Wildman–Crippen MR) is 70.5 cm³/mol. The number of furan rings is 1. The van der Waals surface area contributed by atoms with E-state index in [0.717, 1.165) is 34.8 Å². The number of rotatable bonds is 3. The molecule has 0 radical (unpaired) electrons. The molecule has 0 aliphatic carbocycles. The van der Waals surface area contributed by atoms with Gasteiger partial charge < -0.3 is 9.73 Å². The van der Waals surface area contributed by atoms with Crippen LogP contribution in [0, 0.1) is 13.8 Å². The molecule has 1 N–H and O–H groups in total. The molecule has 108 valence electrons. The van der Waals surface area contributed by atoms with Crippen LogP contribution in [0.2, 0.25) is 0 Å². The van der Waals surface area contributed by atoms with Crippen LogP contribution < -0.4 is 5.32 Å². The molecule has 0 saturated carbocycles. The summed E-state index contributed by atoms with van der Waals surface area (Å²) < 4.78 is 43.2. The Morgan fingerprint density at radius 1 is 1.10 bits per heavy atom. The van der Waals surface area contributed by atoms with Gasteiger partial charge in [0.1, 0.15) is 11.5 Å². The summed E-state index contributed by atoms with van der Waals surface area (Å²) in [5.74, 6) is 1.55. The second kappa shape index (κ2) is 5.32. The second-order valence-electron chi connectivity index (χ2n) is 4.71. The van der Waals surface area contributed by atoms with Gasteiger partial charge in [-0.1, -0.05) is 12.1 Å². The third-order valence-electron chi connectivity index (χ3n) is 3.25. The minimum absolute atomic E-state index is 0.185. The van der Waals surface area contributed by atoms with E-state index in [4.69, 9.17) is 4.42 Å². The fourth-order valence-corrected chi connectivity index (χ4v) is 2.30. The predicted octanol–water partition coefficient (Wildman–Crippen LogP) is 4.22. The summed E-state index contributed by atoms with van der Waals surface area (Å²) in [6, 6.07) is 6.89. The summed E-state index contributed by atoms with van der Waals surface area (Å²) in [5.41, 5.74) is 1.06. The maximum Gasteiger partial charge on any atom is 0.416 e. The second-order valence-corrected chi connectivity index (χ2v) is 4.71. The van der Waals surface area contributed by atoms with Crippen LogP contribution >= 0.6 is 0 Å². The topological polar surface area (TPSA) is 25.2 Å². The molecule has 1 heterocycles. The molecule has 0 fully saturated rings. The Kier molecular flexibility index (Phi) is 3.90. The van der Waals surface area contributed by atoms with Crippen molar-refractivity contribution in [2.45, 2.75) is 26.1 Å². The lowest BCUT2D eigenvalue weighted by molar-refractivity contribution is -0.137. The minimum Gasteiger partial charge on any atom is -0.466 e. The van der Waals surface area contributed by atoms with Crippen molar-refractivity contribution in [2.24, 2.45) is 0 Å². The van der Waals surface area contributed by atoms with E-state index in [-0.39, 0.29) is 6.04 Å². The van der Waals surface area contributed by atoms with Crippen LogP contribution in [0.25, 0.3) is 0 Å². The number of alkyl halides is 3. The Balaban J connectivity index is 2.35. The molecule has 1 unspecified atom stereocenters. The van der Waals surface area contributed by atoms with Gasteiger partial charge in [0.15, 0.2) is 0 Å². The average Bonchev–Trinajstić information content (AvgIpc) is 2.69.